The maximum atomic E-state index is 12.6. The number of aliphatic hydroxyl groups is 1. The Balaban J connectivity index is 1.13. The van der Waals surface area contributed by atoms with Crippen molar-refractivity contribution in [3.8, 4) is 22.6 Å². The van der Waals surface area contributed by atoms with Crippen molar-refractivity contribution in [3.63, 3.8) is 0 Å². The first kappa shape index (κ1) is 30.2. The molecule has 236 valence electrons. The molecule has 1 saturated heterocycles. The average molecular weight is 617 g/mol. The van der Waals surface area contributed by atoms with Crippen molar-refractivity contribution in [2.24, 2.45) is 0 Å². The Morgan fingerprint density at radius 3 is 2.57 bits per heavy atom. The number of benzene rings is 2. The number of hydrogen-bond acceptors (Lipinski definition) is 8. The van der Waals surface area contributed by atoms with Crippen LogP contribution in [0.2, 0.25) is 0 Å². The minimum atomic E-state index is -0.227. The molecule has 46 heavy (non-hydrogen) atoms. The molecule has 9 nitrogen and oxygen atoms in total. The van der Waals surface area contributed by atoms with Crippen molar-refractivity contribution in [3.05, 3.63) is 100 Å². The Kier molecular flexibility index (Phi) is 8.15. The van der Waals surface area contributed by atoms with E-state index in [2.05, 4.69) is 61.2 Å². The average Bonchev–Trinajstić information content (AvgIpc) is 3.73. The zero-order chi connectivity index (χ0) is 31.9. The van der Waals surface area contributed by atoms with Gasteiger partial charge in [-0.25, -0.2) is 4.98 Å². The molecular formula is C37H40N6O3. The molecule has 2 aromatic carbocycles. The quantitative estimate of drug-likeness (QED) is 0.256. The van der Waals surface area contributed by atoms with Crippen LogP contribution in [0.4, 0.5) is 0 Å². The molecule has 0 unspecified atom stereocenters. The standard InChI is InChI=1S/C37H40N6O3/c1-23-26(16-32-36-27(11-13-38-32)15-25(17-39-36)18-42-14-12-28(44)19-42)7-5-8-29(23)30-9-6-10-31(24(30)2)37-40-33-20-43(21-34(33)46-37)35(45)22-41(3)4/h5-11,13,15,17,28,44H,12,14,16,18-22H2,1-4H3/t28-/m1/s1. The summed E-state index contributed by atoms with van der Waals surface area (Å²) in [6.07, 6.45) is 5.11. The van der Waals surface area contributed by atoms with Crippen LogP contribution in [-0.2, 0) is 30.8 Å². The van der Waals surface area contributed by atoms with E-state index in [4.69, 9.17) is 19.4 Å². The molecule has 1 fully saturated rings. The Morgan fingerprint density at radius 1 is 1.02 bits per heavy atom. The Hall–Kier alpha value is -4.44. The highest BCUT2D eigenvalue weighted by Crippen LogP contribution is 2.36. The normalized spacial score (nSPS) is 16.6. The van der Waals surface area contributed by atoms with Gasteiger partial charge in [-0.1, -0.05) is 30.3 Å². The highest BCUT2D eigenvalue weighted by atomic mass is 16.4. The van der Waals surface area contributed by atoms with E-state index in [1.807, 2.05) is 37.5 Å². The van der Waals surface area contributed by atoms with Crippen LogP contribution in [0.1, 0.15) is 45.8 Å². The third-order valence-electron chi connectivity index (χ3n) is 9.30. The van der Waals surface area contributed by atoms with Crippen LogP contribution in [0.15, 0.2) is 65.3 Å². The van der Waals surface area contributed by atoms with Gasteiger partial charge in [0.25, 0.3) is 0 Å². The van der Waals surface area contributed by atoms with Gasteiger partial charge in [0.15, 0.2) is 0 Å². The van der Waals surface area contributed by atoms with Gasteiger partial charge in [0.05, 0.1) is 36.9 Å². The van der Waals surface area contributed by atoms with Crippen molar-refractivity contribution in [1.82, 2.24) is 29.7 Å². The van der Waals surface area contributed by atoms with E-state index in [0.717, 1.165) is 76.4 Å². The fourth-order valence-corrected chi connectivity index (χ4v) is 6.80. The number of oxazole rings is 1. The summed E-state index contributed by atoms with van der Waals surface area (Å²) in [7, 11) is 3.79. The number of carbonyl (C=O) groups is 1. The number of hydrogen-bond donors (Lipinski definition) is 1. The van der Waals surface area contributed by atoms with E-state index in [1.165, 1.54) is 16.7 Å². The molecule has 9 heteroatoms. The van der Waals surface area contributed by atoms with Crippen LogP contribution in [0.3, 0.4) is 0 Å². The number of nitrogens with zero attached hydrogens (tertiary/aromatic N) is 6. The van der Waals surface area contributed by atoms with E-state index in [-0.39, 0.29) is 12.0 Å². The predicted octanol–water partition coefficient (Wildman–Crippen LogP) is 5.13. The number of amides is 1. The zero-order valence-electron chi connectivity index (χ0n) is 27.0. The van der Waals surface area contributed by atoms with Gasteiger partial charge in [0, 0.05) is 49.4 Å². The number of pyridine rings is 2. The number of aliphatic hydroxyl groups excluding tert-OH is 1. The van der Waals surface area contributed by atoms with Gasteiger partial charge in [0.1, 0.15) is 11.5 Å². The third kappa shape index (κ3) is 5.93. The summed E-state index contributed by atoms with van der Waals surface area (Å²) < 4.78 is 6.25. The van der Waals surface area contributed by atoms with E-state index >= 15 is 0 Å². The molecule has 1 atom stereocenters. The van der Waals surface area contributed by atoms with Gasteiger partial charge in [-0.05, 0) is 85.9 Å². The van der Waals surface area contributed by atoms with Gasteiger partial charge in [-0.3, -0.25) is 19.7 Å². The van der Waals surface area contributed by atoms with Crippen molar-refractivity contribution in [2.75, 3.05) is 33.7 Å². The van der Waals surface area contributed by atoms with E-state index in [1.54, 1.807) is 4.90 Å². The fraction of sp³-hybridized carbons (Fsp3) is 0.351. The number of carbonyl (C=O) groups excluding carboxylic acids is 1. The van der Waals surface area contributed by atoms with Crippen LogP contribution in [-0.4, -0.2) is 80.5 Å². The zero-order valence-corrected chi connectivity index (χ0v) is 27.0. The summed E-state index contributed by atoms with van der Waals surface area (Å²) in [6.45, 7) is 8.03. The topological polar surface area (TPSA) is 98.8 Å². The second-order valence-corrected chi connectivity index (χ2v) is 13.0. The lowest BCUT2D eigenvalue weighted by atomic mass is 9.90. The van der Waals surface area contributed by atoms with Crippen LogP contribution in [0, 0.1) is 13.8 Å². The van der Waals surface area contributed by atoms with Crippen molar-refractivity contribution < 1.29 is 14.3 Å². The van der Waals surface area contributed by atoms with Crippen molar-refractivity contribution >= 4 is 16.8 Å². The van der Waals surface area contributed by atoms with Gasteiger partial charge in [-0.15, -0.1) is 0 Å². The molecular weight excluding hydrogens is 576 g/mol. The first-order valence-corrected chi connectivity index (χ1v) is 16.0. The lowest BCUT2D eigenvalue weighted by Crippen LogP contribution is -2.34. The highest BCUT2D eigenvalue weighted by Gasteiger charge is 2.30. The number of rotatable bonds is 8. The van der Waals surface area contributed by atoms with E-state index in [9.17, 15) is 9.90 Å². The minimum Gasteiger partial charge on any atom is -0.439 e. The molecule has 1 amide bonds. The smallest absolute Gasteiger partial charge is 0.237 e. The Bertz CT molecular complexity index is 1910. The second kappa shape index (κ2) is 12.4. The Morgan fingerprint density at radius 2 is 1.80 bits per heavy atom. The van der Waals surface area contributed by atoms with Crippen molar-refractivity contribution in [2.45, 2.75) is 52.4 Å². The lowest BCUT2D eigenvalue weighted by molar-refractivity contribution is -0.132. The summed E-state index contributed by atoms with van der Waals surface area (Å²) in [5, 5.41) is 11.0. The van der Waals surface area contributed by atoms with Gasteiger partial charge in [0.2, 0.25) is 11.8 Å². The number of likely N-dealkylation sites (tertiary alicyclic amines) is 1. The molecule has 2 aliphatic rings. The summed E-state index contributed by atoms with van der Waals surface area (Å²) in [4.78, 5) is 33.0. The van der Waals surface area contributed by atoms with Gasteiger partial charge >= 0.3 is 0 Å². The lowest BCUT2D eigenvalue weighted by Gasteiger charge is -2.18. The van der Waals surface area contributed by atoms with Gasteiger partial charge < -0.3 is 19.3 Å². The maximum Gasteiger partial charge on any atom is 0.237 e. The highest BCUT2D eigenvalue weighted by molar-refractivity contribution is 5.82. The molecule has 0 saturated carbocycles. The fourth-order valence-electron chi connectivity index (χ4n) is 6.80. The number of β-amino-alcohol motifs (C(OH)–C–C–N with tert-alkyl or cyclic N) is 1. The van der Waals surface area contributed by atoms with E-state index in [0.29, 0.717) is 31.9 Å². The molecule has 0 bridgehead atoms. The molecule has 5 aromatic rings. The van der Waals surface area contributed by atoms with Crippen LogP contribution in [0.5, 0.6) is 0 Å². The van der Waals surface area contributed by atoms with Crippen LogP contribution < -0.4 is 0 Å². The molecule has 0 spiro atoms. The Labute approximate surface area is 269 Å². The molecule has 3 aromatic heterocycles. The summed E-state index contributed by atoms with van der Waals surface area (Å²) in [6, 6.07) is 17.0. The first-order chi connectivity index (χ1) is 22.2. The number of fused-ring (bicyclic) bond motifs is 2. The number of likely N-dealkylation sites (N-methyl/N-ethyl adjacent to an activating group) is 1. The molecule has 7 rings (SSSR count). The summed E-state index contributed by atoms with van der Waals surface area (Å²) in [5.41, 5.74) is 10.6. The second-order valence-electron chi connectivity index (χ2n) is 13.0. The monoisotopic (exact) mass is 616 g/mol. The summed E-state index contributed by atoms with van der Waals surface area (Å²) in [5.74, 6) is 1.44. The van der Waals surface area contributed by atoms with Crippen LogP contribution >= 0.6 is 0 Å². The minimum absolute atomic E-state index is 0.0755. The predicted molar refractivity (Wildman–Crippen MR) is 178 cm³/mol. The molecule has 0 aliphatic carbocycles. The molecule has 5 heterocycles. The van der Waals surface area contributed by atoms with Crippen molar-refractivity contribution in [1.29, 1.82) is 0 Å². The molecule has 0 radical (unpaired) electrons. The SMILES string of the molecule is Cc1c(Cc2nccc3cc(CN4CC[C@@H](O)C4)cnc23)cccc1-c1cccc(-c2nc3c(o2)CN(C(=O)CN(C)C)C3)c1C. The first-order valence-electron chi connectivity index (χ1n) is 16.0. The summed E-state index contributed by atoms with van der Waals surface area (Å²) >= 11 is 0. The van der Waals surface area contributed by atoms with E-state index < -0.39 is 0 Å². The van der Waals surface area contributed by atoms with Gasteiger partial charge in [-0.2, -0.15) is 0 Å². The maximum absolute atomic E-state index is 12.6. The third-order valence-corrected chi connectivity index (χ3v) is 9.30. The van der Waals surface area contributed by atoms with Crippen LogP contribution in [0.25, 0.3) is 33.5 Å². The largest absolute Gasteiger partial charge is 0.439 e. The number of aromatic nitrogens is 3. The molecule has 2 aliphatic heterocycles. The molecule has 1 N–H and O–H groups in total.